The maximum absolute atomic E-state index is 14.1. The molecule has 2 atom stereocenters. The number of hydrogen-bond acceptors (Lipinski definition) is 6. The molecule has 1 saturated heterocycles. The van der Waals surface area contributed by atoms with Gasteiger partial charge in [-0.3, -0.25) is 9.59 Å². The molecule has 3 aromatic carbocycles. The fourth-order valence-corrected chi connectivity index (χ4v) is 5.83. The van der Waals surface area contributed by atoms with Crippen LogP contribution >= 0.6 is 0 Å². The Hall–Kier alpha value is -4.37. The van der Waals surface area contributed by atoms with Gasteiger partial charge in [-0.05, 0) is 80.8 Å². The lowest BCUT2D eigenvalue weighted by Crippen LogP contribution is -2.48. The van der Waals surface area contributed by atoms with E-state index in [-0.39, 0.29) is 37.5 Å². The summed E-state index contributed by atoms with van der Waals surface area (Å²) in [6.07, 6.45) is 1.39. The molecule has 2 N–H and O–H groups in total. The minimum Gasteiger partial charge on any atom is -0.482 e. The lowest BCUT2D eigenvalue weighted by molar-refractivity contribution is -0.122. The molecule has 5 rings (SSSR count). The summed E-state index contributed by atoms with van der Waals surface area (Å²) >= 11 is 0. The van der Waals surface area contributed by atoms with Gasteiger partial charge in [0.25, 0.3) is 5.91 Å². The molecule has 0 radical (unpaired) electrons. The van der Waals surface area contributed by atoms with Crippen molar-refractivity contribution in [3.05, 3.63) is 78.4 Å². The number of ether oxygens (including phenoxy) is 2. The Balaban J connectivity index is 1.41. The second kappa shape index (κ2) is 13.5. The zero-order chi connectivity index (χ0) is 31.3. The molecular weight excluding hydrogens is 558 g/mol. The lowest BCUT2D eigenvalue weighted by atomic mass is 9.79. The van der Waals surface area contributed by atoms with E-state index < -0.39 is 17.6 Å². The van der Waals surface area contributed by atoms with Crippen molar-refractivity contribution in [1.82, 2.24) is 4.90 Å². The first-order chi connectivity index (χ1) is 21.1. The average Bonchev–Trinajstić information content (AvgIpc) is 3.01. The number of fused-ring (bicyclic) bond motifs is 1. The van der Waals surface area contributed by atoms with Crippen LogP contribution in [0.2, 0.25) is 0 Å². The topological polar surface area (TPSA) is 108 Å². The standard InChI is InChI=1S/C35H41N3O6/c1-35(2,3)44-34(42)37-18-16-28(26-13-9-12-25(20-26)24-10-5-4-6-11-24)29(22-37)33(41)36-27-14-15-31-30(21-27)38(17-7-8-19-39)32(40)23-43-31/h4-6,9-15,20-21,28-29,39H,7-8,16-19,22-23H2,1-3H3,(H,36,41)/t28-,29?/m1/s1. The van der Waals surface area contributed by atoms with E-state index in [1.165, 1.54) is 0 Å². The smallest absolute Gasteiger partial charge is 0.410 e. The zero-order valence-electron chi connectivity index (χ0n) is 25.6. The van der Waals surface area contributed by atoms with E-state index in [1.54, 1.807) is 28.0 Å². The Kier molecular flexibility index (Phi) is 9.54. The first kappa shape index (κ1) is 31.1. The Bertz CT molecular complexity index is 1490. The van der Waals surface area contributed by atoms with E-state index in [2.05, 4.69) is 29.6 Å². The third kappa shape index (κ3) is 7.39. The van der Waals surface area contributed by atoms with E-state index in [0.717, 1.165) is 16.7 Å². The summed E-state index contributed by atoms with van der Waals surface area (Å²) in [7, 11) is 0. The number of hydrogen-bond donors (Lipinski definition) is 2. The quantitative estimate of drug-likeness (QED) is 0.316. The predicted octanol–water partition coefficient (Wildman–Crippen LogP) is 5.83. The molecule has 0 aliphatic carbocycles. The molecule has 232 valence electrons. The number of piperidine rings is 1. The SMILES string of the molecule is CC(C)(C)OC(=O)N1CC[C@H](c2cccc(-c3ccccc3)c2)C(C(=O)Nc2ccc3c(c2)N(CCCCO)C(=O)CO3)C1. The van der Waals surface area contributed by atoms with Crippen LogP contribution in [0.3, 0.4) is 0 Å². The molecule has 3 amide bonds. The number of nitrogens with zero attached hydrogens (tertiary/aromatic N) is 2. The van der Waals surface area contributed by atoms with Gasteiger partial charge in [-0.15, -0.1) is 0 Å². The number of benzene rings is 3. The van der Waals surface area contributed by atoms with E-state index in [4.69, 9.17) is 9.47 Å². The maximum atomic E-state index is 14.1. The third-order valence-corrected chi connectivity index (χ3v) is 7.98. The summed E-state index contributed by atoms with van der Waals surface area (Å²) < 4.78 is 11.3. The van der Waals surface area contributed by atoms with Crippen molar-refractivity contribution in [2.75, 3.05) is 43.1 Å². The number of rotatable bonds is 8. The van der Waals surface area contributed by atoms with Crippen LogP contribution in [0.5, 0.6) is 5.75 Å². The van der Waals surface area contributed by atoms with Crippen molar-refractivity contribution in [3.8, 4) is 16.9 Å². The van der Waals surface area contributed by atoms with Crippen LogP contribution in [-0.4, -0.2) is 66.4 Å². The highest BCUT2D eigenvalue weighted by Gasteiger charge is 2.38. The van der Waals surface area contributed by atoms with Crippen molar-refractivity contribution in [3.63, 3.8) is 0 Å². The Morgan fingerprint density at radius 3 is 2.52 bits per heavy atom. The van der Waals surface area contributed by atoms with E-state index >= 15 is 0 Å². The molecule has 2 aliphatic rings. The Morgan fingerprint density at radius 1 is 1.00 bits per heavy atom. The first-order valence-electron chi connectivity index (χ1n) is 15.2. The highest BCUT2D eigenvalue weighted by Crippen LogP contribution is 2.38. The molecule has 9 nitrogen and oxygen atoms in total. The van der Waals surface area contributed by atoms with Crippen LogP contribution in [0.1, 0.15) is 51.5 Å². The summed E-state index contributed by atoms with van der Waals surface area (Å²) in [6, 6.07) is 23.6. The van der Waals surface area contributed by atoms with E-state index in [1.807, 2.05) is 51.1 Å². The normalized spacial score (nSPS) is 18.3. The van der Waals surface area contributed by atoms with E-state index in [0.29, 0.717) is 49.5 Å². The van der Waals surface area contributed by atoms with Crippen molar-refractivity contribution in [1.29, 1.82) is 0 Å². The molecule has 44 heavy (non-hydrogen) atoms. The molecule has 1 fully saturated rings. The molecule has 2 heterocycles. The van der Waals surface area contributed by atoms with Gasteiger partial charge < -0.3 is 29.7 Å². The molecule has 3 aromatic rings. The predicted molar refractivity (Wildman–Crippen MR) is 170 cm³/mol. The van der Waals surface area contributed by atoms with Gasteiger partial charge in [-0.2, -0.15) is 0 Å². The number of anilines is 2. The molecular formula is C35H41N3O6. The summed E-state index contributed by atoms with van der Waals surface area (Å²) in [6.45, 7) is 6.61. The van der Waals surface area contributed by atoms with Crippen molar-refractivity contribution in [2.24, 2.45) is 5.92 Å². The average molecular weight is 600 g/mol. The number of aliphatic hydroxyl groups excluding tert-OH is 1. The molecule has 0 aromatic heterocycles. The zero-order valence-corrected chi connectivity index (χ0v) is 25.6. The van der Waals surface area contributed by atoms with Crippen LogP contribution in [0.15, 0.2) is 72.8 Å². The first-order valence-corrected chi connectivity index (χ1v) is 15.2. The lowest BCUT2D eigenvalue weighted by Gasteiger charge is -2.38. The molecule has 0 saturated carbocycles. The number of carbonyl (C=O) groups is 3. The van der Waals surface area contributed by atoms with Crippen molar-refractivity contribution >= 4 is 29.3 Å². The third-order valence-electron chi connectivity index (χ3n) is 7.98. The van der Waals surface area contributed by atoms with Gasteiger partial charge >= 0.3 is 6.09 Å². The number of carbonyl (C=O) groups excluding carboxylic acids is 3. The monoisotopic (exact) mass is 599 g/mol. The second-order valence-corrected chi connectivity index (χ2v) is 12.4. The van der Waals surface area contributed by atoms with Gasteiger partial charge in [0.2, 0.25) is 5.91 Å². The van der Waals surface area contributed by atoms with Crippen LogP contribution in [0.4, 0.5) is 16.2 Å². The highest BCUT2D eigenvalue weighted by atomic mass is 16.6. The van der Waals surface area contributed by atoms with Crippen LogP contribution in [-0.2, 0) is 14.3 Å². The molecule has 0 bridgehead atoms. The summed E-state index contributed by atoms with van der Waals surface area (Å²) in [5.74, 6) is -0.497. The van der Waals surface area contributed by atoms with Gasteiger partial charge in [0.1, 0.15) is 11.4 Å². The summed E-state index contributed by atoms with van der Waals surface area (Å²) in [5, 5.41) is 12.3. The van der Waals surface area contributed by atoms with Gasteiger partial charge in [0, 0.05) is 31.9 Å². The fraction of sp³-hybridized carbons (Fsp3) is 0.400. The number of nitrogens with one attached hydrogen (secondary N) is 1. The number of likely N-dealkylation sites (tertiary alicyclic amines) is 1. The van der Waals surface area contributed by atoms with E-state index in [9.17, 15) is 19.5 Å². The molecule has 0 spiro atoms. The maximum Gasteiger partial charge on any atom is 0.410 e. The molecule has 2 aliphatic heterocycles. The second-order valence-electron chi connectivity index (χ2n) is 12.4. The van der Waals surface area contributed by atoms with Crippen molar-refractivity contribution < 1.29 is 29.0 Å². The minimum atomic E-state index is -0.651. The highest BCUT2D eigenvalue weighted by molar-refractivity contribution is 6.00. The van der Waals surface area contributed by atoms with Crippen LogP contribution in [0, 0.1) is 5.92 Å². The van der Waals surface area contributed by atoms with Crippen LogP contribution in [0.25, 0.3) is 11.1 Å². The van der Waals surface area contributed by atoms with Crippen molar-refractivity contribution in [2.45, 2.75) is 51.6 Å². The van der Waals surface area contributed by atoms with Gasteiger partial charge in [0.05, 0.1) is 11.6 Å². The van der Waals surface area contributed by atoms with Gasteiger partial charge in [-0.1, -0.05) is 54.6 Å². The Labute approximate surface area is 258 Å². The minimum absolute atomic E-state index is 0.0515. The Morgan fingerprint density at radius 2 is 1.77 bits per heavy atom. The fourth-order valence-electron chi connectivity index (χ4n) is 5.83. The van der Waals surface area contributed by atoms with Crippen LogP contribution < -0.4 is 15.0 Å². The number of unbranched alkanes of at least 4 members (excludes halogenated alkanes) is 1. The largest absolute Gasteiger partial charge is 0.482 e. The summed E-state index contributed by atoms with van der Waals surface area (Å²) in [5.41, 5.74) is 3.67. The number of amides is 3. The number of aliphatic hydroxyl groups is 1. The van der Waals surface area contributed by atoms with Gasteiger partial charge in [0.15, 0.2) is 6.61 Å². The van der Waals surface area contributed by atoms with Gasteiger partial charge in [-0.25, -0.2) is 4.79 Å². The molecule has 1 unspecified atom stereocenters. The molecule has 9 heteroatoms. The summed E-state index contributed by atoms with van der Waals surface area (Å²) in [4.78, 5) is 43.0.